The minimum Gasteiger partial charge on any atom is -0.352 e. The number of pyridine rings is 1. The number of aromatic nitrogens is 4. The predicted molar refractivity (Wildman–Crippen MR) is 108 cm³/mol. The van der Waals surface area contributed by atoms with Crippen molar-refractivity contribution >= 4 is 11.5 Å². The zero-order chi connectivity index (χ0) is 19.0. The van der Waals surface area contributed by atoms with E-state index >= 15 is 0 Å². The second-order valence-corrected chi connectivity index (χ2v) is 7.28. The van der Waals surface area contributed by atoms with Crippen molar-refractivity contribution in [2.24, 2.45) is 4.99 Å². The molecule has 3 aromatic rings. The fourth-order valence-corrected chi connectivity index (χ4v) is 3.70. The molecule has 6 nitrogen and oxygen atoms in total. The number of nitrogens with zero attached hydrogens (tertiary/aromatic N) is 6. The van der Waals surface area contributed by atoms with Gasteiger partial charge in [-0.1, -0.05) is 30.3 Å². The largest absolute Gasteiger partial charge is 0.352 e. The van der Waals surface area contributed by atoms with E-state index < -0.39 is 0 Å². The van der Waals surface area contributed by atoms with E-state index in [0.717, 1.165) is 34.3 Å². The quantitative estimate of drug-likeness (QED) is 0.713. The van der Waals surface area contributed by atoms with Crippen LogP contribution in [0, 0.1) is 0 Å². The van der Waals surface area contributed by atoms with Crippen molar-refractivity contribution in [2.45, 2.75) is 46.3 Å². The van der Waals surface area contributed by atoms with E-state index in [9.17, 15) is 0 Å². The van der Waals surface area contributed by atoms with E-state index in [2.05, 4.69) is 67.1 Å². The number of hydrogen-bond acceptors (Lipinski definition) is 5. The Morgan fingerprint density at radius 2 is 1.70 bits per heavy atom. The average molecular weight is 360 g/mol. The molecule has 0 fully saturated rings. The van der Waals surface area contributed by atoms with Crippen LogP contribution in [0.25, 0.3) is 5.69 Å². The highest BCUT2D eigenvalue weighted by molar-refractivity contribution is 6.14. The summed E-state index contributed by atoms with van der Waals surface area (Å²) in [6.45, 7) is 9.25. The van der Waals surface area contributed by atoms with E-state index in [1.807, 2.05) is 22.8 Å². The molecule has 3 heterocycles. The molecule has 27 heavy (non-hydrogen) atoms. The summed E-state index contributed by atoms with van der Waals surface area (Å²) in [6.07, 6.45) is 1.74. The van der Waals surface area contributed by atoms with Crippen LogP contribution in [-0.2, 0) is 6.54 Å². The van der Waals surface area contributed by atoms with Crippen molar-refractivity contribution in [3.63, 3.8) is 0 Å². The van der Waals surface area contributed by atoms with Gasteiger partial charge in [0, 0.05) is 17.6 Å². The monoisotopic (exact) mass is 360 g/mol. The predicted octanol–water partition coefficient (Wildman–Crippen LogP) is 3.64. The summed E-state index contributed by atoms with van der Waals surface area (Å²) >= 11 is 0. The van der Waals surface area contributed by atoms with Crippen LogP contribution in [0.3, 0.4) is 0 Å². The van der Waals surface area contributed by atoms with Crippen molar-refractivity contribution in [1.82, 2.24) is 19.7 Å². The van der Waals surface area contributed by atoms with Crippen molar-refractivity contribution in [1.29, 1.82) is 0 Å². The van der Waals surface area contributed by atoms with Crippen LogP contribution in [0.5, 0.6) is 0 Å². The molecule has 0 amide bonds. The lowest BCUT2D eigenvalue weighted by Crippen LogP contribution is -2.38. The third-order valence-corrected chi connectivity index (χ3v) is 4.76. The standard InChI is InChI=1S/C21H24N6/c1-14(2)27(15(3)4)18-11-10-17-21(24-18)20(16-8-6-5-7-9-16)22-12-19-25-23-13-26(17)19/h5-11,13-15H,12H2,1-4H3. The van der Waals surface area contributed by atoms with Crippen LogP contribution in [-0.4, -0.2) is 37.5 Å². The Hall–Kier alpha value is -3.02. The maximum atomic E-state index is 5.07. The van der Waals surface area contributed by atoms with Crippen LogP contribution in [0.2, 0.25) is 0 Å². The molecule has 0 spiro atoms. The molecule has 0 saturated carbocycles. The van der Waals surface area contributed by atoms with E-state index in [-0.39, 0.29) is 0 Å². The number of anilines is 1. The molecule has 0 N–H and O–H groups in total. The molecule has 0 atom stereocenters. The minimum atomic E-state index is 0.351. The molecular weight excluding hydrogens is 336 g/mol. The first-order valence-electron chi connectivity index (χ1n) is 9.35. The number of rotatable bonds is 4. The van der Waals surface area contributed by atoms with Gasteiger partial charge in [0.1, 0.15) is 24.4 Å². The van der Waals surface area contributed by atoms with Crippen LogP contribution < -0.4 is 4.90 Å². The number of fused-ring (bicyclic) bond motifs is 3. The highest BCUT2D eigenvalue weighted by Crippen LogP contribution is 2.27. The minimum absolute atomic E-state index is 0.351. The summed E-state index contributed by atoms with van der Waals surface area (Å²) in [4.78, 5) is 12.2. The third-order valence-electron chi connectivity index (χ3n) is 4.76. The smallest absolute Gasteiger partial charge is 0.159 e. The van der Waals surface area contributed by atoms with E-state index in [4.69, 9.17) is 9.98 Å². The molecule has 138 valence electrons. The SMILES string of the molecule is CC(C)N(c1ccc2c(n1)C(c1ccccc1)=NCc1nncn1-2)C(C)C. The molecule has 4 rings (SSSR count). The van der Waals surface area contributed by atoms with Crippen LogP contribution >= 0.6 is 0 Å². The number of hydrogen-bond donors (Lipinski definition) is 0. The van der Waals surface area contributed by atoms with Gasteiger partial charge in [-0.15, -0.1) is 10.2 Å². The van der Waals surface area contributed by atoms with Crippen LogP contribution in [0.4, 0.5) is 5.82 Å². The van der Waals surface area contributed by atoms with Crippen LogP contribution in [0.1, 0.15) is 44.8 Å². The van der Waals surface area contributed by atoms with Crippen LogP contribution in [0.15, 0.2) is 53.8 Å². The van der Waals surface area contributed by atoms with Crippen molar-refractivity contribution in [3.8, 4) is 5.69 Å². The Labute approximate surface area is 159 Å². The maximum absolute atomic E-state index is 5.07. The van der Waals surface area contributed by atoms with Gasteiger partial charge in [0.2, 0.25) is 0 Å². The van der Waals surface area contributed by atoms with E-state index in [0.29, 0.717) is 18.6 Å². The molecule has 0 unspecified atom stereocenters. The maximum Gasteiger partial charge on any atom is 0.159 e. The molecule has 0 aliphatic carbocycles. The third kappa shape index (κ3) is 3.12. The molecule has 0 bridgehead atoms. The Bertz CT molecular complexity index is 963. The Morgan fingerprint density at radius 1 is 0.963 bits per heavy atom. The summed E-state index contributed by atoms with van der Waals surface area (Å²) in [7, 11) is 0. The molecule has 1 aliphatic heterocycles. The second-order valence-electron chi connectivity index (χ2n) is 7.28. The van der Waals surface area contributed by atoms with Gasteiger partial charge in [-0.3, -0.25) is 9.56 Å². The summed E-state index contributed by atoms with van der Waals surface area (Å²) in [5, 5.41) is 8.29. The summed E-state index contributed by atoms with van der Waals surface area (Å²) in [5.74, 6) is 1.78. The van der Waals surface area contributed by atoms with Gasteiger partial charge in [-0.25, -0.2) is 4.98 Å². The first kappa shape index (κ1) is 17.4. The van der Waals surface area contributed by atoms with Gasteiger partial charge >= 0.3 is 0 Å². The molecule has 2 aromatic heterocycles. The molecule has 0 saturated heterocycles. The average Bonchev–Trinajstić information content (AvgIpc) is 3.05. The first-order valence-corrected chi connectivity index (χ1v) is 9.35. The van der Waals surface area contributed by atoms with Gasteiger partial charge in [0.05, 0.1) is 11.4 Å². The van der Waals surface area contributed by atoms with Gasteiger partial charge in [0.25, 0.3) is 0 Å². The molecule has 1 aliphatic rings. The highest BCUT2D eigenvalue weighted by atomic mass is 15.3. The lowest BCUT2D eigenvalue weighted by Gasteiger charge is -2.32. The van der Waals surface area contributed by atoms with Gasteiger partial charge in [0.15, 0.2) is 5.82 Å². The van der Waals surface area contributed by atoms with Crippen molar-refractivity contribution in [3.05, 3.63) is 65.9 Å². The van der Waals surface area contributed by atoms with Crippen molar-refractivity contribution in [2.75, 3.05) is 4.90 Å². The normalized spacial score (nSPS) is 13.2. The second kappa shape index (κ2) is 6.95. The summed E-state index contributed by atoms with van der Waals surface area (Å²) in [6, 6.07) is 15.1. The number of benzene rings is 1. The van der Waals surface area contributed by atoms with Crippen molar-refractivity contribution < 1.29 is 0 Å². The zero-order valence-electron chi connectivity index (χ0n) is 16.2. The lowest BCUT2D eigenvalue weighted by atomic mass is 10.1. The fraction of sp³-hybridized carbons (Fsp3) is 0.333. The lowest BCUT2D eigenvalue weighted by molar-refractivity contribution is 0.600. The Morgan fingerprint density at radius 3 is 2.41 bits per heavy atom. The highest BCUT2D eigenvalue weighted by Gasteiger charge is 2.24. The van der Waals surface area contributed by atoms with E-state index in [1.54, 1.807) is 6.33 Å². The molecule has 0 radical (unpaired) electrons. The summed E-state index contributed by atoms with van der Waals surface area (Å²) in [5.41, 5.74) is 3.78. The molecule has 6 heteroatoms. The summed E-state index contributed by atoms with van der Waals surface area (Å²) < 4.78 is 1.99. The van der Waals surface area contributed by atoms with Gasteiger partial charge in [-0.2, -0.15) is 0 Å². The zero-order valence-corrected chi connectivity index (χ0v) is 16.2. The van der Waals surface area contributed by atoms with Gasteiger partial charge < -0.3 is 4.90 Å². The topological polar surface area (TPSA) is 59.2 Å². The Kier molecular flexibility index (Phi) is 4.48. The number of aliphatic imine (C=N–C) groups is 1. The Balaban J connectivity index is 1.93. The first-order chi connectivity index (χ1) is 13.1. The molecular formula is C21H24N6. The van der Waals surface area contributed by atoms with E-state index in [1.165, 1.54) is 0 Å². The molecule has 1 aromatic carbocycles. The fourth-order valence-electron chi connectivity index (χ4n) is 3.70. The van der Waals surface area contributed by atoms with Gasteiger partial charge in [-0.05, 0) is 39.8 Å².